The summed E-state index contributed by atoms with van der Waals surface area (Å²) in [6, 6.07) is 0. The number of unbranched alkanes of at least 4 members (excludes halogenated alkanes) is 3. The van der Waals surface area contributed by atoms with Crippen molar-refractivity contribution in [2.45, 2.75) is 74.5 Å². The Morgan fingerprint density at radius 3 is 1.12 bits per heavy atom. The molecule has 0 aromatic heterocycles. The highest BCUT2D eigenvalue weighted by molar-refractivity contribution is 5.81. The molecule has 0 fully saturated rings. The van der Waals surface area contributed by atoms with Gasteiger partial charge in [0.15, 0.2) is 12.2 Å². The molecule has 0 saturated heterocycles. The van der Waals surface area contributed by atoms with Crippen molar-refractivity contribution in [3.8, 4) is 0 Å². The van der Waals surface area contributed by atoms with Gasteiger partial charge in [0.2, 0.25) is 0 Å². The third-order valence-corrected chi connectivity index (χ3v) is 4.75. The van der Waals surface area contributed by atoms with E-state index >= 15 is 0 Å². The second-order valence-electron chi connectivity index (χ2n) is 7.35. The molecule has 0 spiro atoms. The van der Waals surface area contributed by atoms with Crippen molar-refractivity contribution in [3.63, 3.8) is 0 Å². The standard InChI is InChI=1S/C18H36N2O12/c21-7-9(23)11(25)13(27)15(29)17(31)19-5-3-1-2-4-6-20-18(32)16(30)14(28)12(26)10(24)8-22/h9-16,21-30H,1-8H2,(H,19,31)(H,20,32)/t9-,10-,11-,12-,13+,14+,15-,16-/m1/s1. The van der Waals surface area contributed by atoms with E-state index in [0.717, 1.165) is 0 Å². The van der Waals surface area contributed by atoms with Crippen molar-refractivity contribution >= 4 is 11.8 Å². The summed E-state index contributed by atoms with van der Waals surface area (Å²) < 4.78 is 0. The van der Waals surface area contributed by atoms with E-state index in [2.05, 4.69) is 10.6 Å². The zero-order valence-corrected chi connectivity index (χ0v) is 17.6. The van der Waals surface area contributed by atoms with Gasteiger partial charge in [-0.1, -0.05) is 12.8 Å². The van der Waals surface area contributed by atoms with Crippen LogP contribution in [0.2, 0.25) is 0 Å². The molecule has 0 aromatic rings. The molecule has 2 amide bonds. The predicted molar refractivity (Wildman–Crippen MR) is 107 cm³/mol. The van der Waals surface area contributed by atoms with E-state index in [1.54, 1.807) is 0 Å². The van der Waals surface area contributed by atoms with Crippen LogP contribution >= 0.6 is 0 Å². The smallest absolute Gasteiger partial charge is 0.251 e. The van der Waals surface area contributed by atoms with Gasteiger partial charge in [-0.15, -0.1) is 0 Å². The van der Waals surface area contributed by atoms with E-state index in [9.17, 15) is 50.4 Å². The summed E-state index contributed by atoms with van der Waals surface area (Å²) in [4.78, 5) is 23.4. The molecule has 0 bridgehead atoms. The maximum atomic E-state index is 11.7. The van der Waals surface area contributed by atoms with Crippen LogP contribution in [-0.2, 0) is 9.59 Å². The topological polar surface area (TPSA) is 260 Å². The fraction of sp³-hybridized carbons (Fsp3) is 0.889. The average molecular weight is 472 g/mol. The van der Waals surface area contributed by atoms with E-state index in [4.69, 9.17) is 10.2 Å². The minimum atomic E-state index is -2.00. The number of nitrogens with one attached hydrogen (secondary N) is 2. The van der Waals surface area contributed by atoms with E-state index in [0.29, 0.717) is 25.7 Å². The fourth-order valence-electron chi connectivity index (χ4n) is 2.59. The Balaban J connectivity index is 4.00. The van der Waals surface area contributed by atoms with Crippen LogP contribution in [0.3, 0.4) is 0 Å². The normalized spacial score (nSPS) is 19.2. The number of hydrogen-bond donors (Lipinski definition) is 12. The van der Waals surface area contributed by atoms with Gasteiger partial charge in [-0.3, -0.25) is 9.59 Å². The Hall–Kier alpha value is -1.46. The monoisotopic (exact) mass is 472 g/mol. The lowest BCUT2D eigenvalue weighted by Crippen LogP contribution is -2.51. The van der Waals surface area contributed by atoms with Crippen LogP contribution < -0.4 is 10.6 Å². The fourth-order valence-corrected chi connectivity index (χ4v) is 2.59. The van der Waals surface area contributed by atoms with Gasteiger partial charge in [-0.2, -0.15) is 0 Å². The SMILES string of the molecule is O=C(NCCCCCCNC(=O)[C@H](O)[C@@H](O)[C@H](O)[C@H](O)CO)[C@H](O)[C@@H](O)[C@H](O)[C@H](O)CO. The molecule has 0 unspecified atom stereocenters. The number of carbonyl (C=O) groups excluding carboxylic acids is 2. The molecule has 0 aliphatic carbocycles. The summed E-state index contributed by atoms with van der Waals surface area (Å²) in [5.74, 6) is -1.93. The largest absolute Gasteiger partial charge is 0.394 e. The molecular formula is C18H36N2O12. The first kappa shape index (κ1) is 30.5. The van der Waals surface area contributed by atoms with Gasteiger partial charge in [-0.25, -0.2) is 0 Å². The second-order valence-corrected chi connectivity index (χ2v) is 7.35. The first-order valence-electron chi connectivity index (χ1n) is 10.2. The molecule has 0 radical (unpaired) electrons. The Morgan fingerprint density at radius 2 is 0.844 bits per heavy atom. The second kappa shape index (κ2) is 16.2. The maximum absolute atomic E-state index is 11.7. The molecule has 32 heavy (non-hydrogen) atoms. The minimum absolute atomic E-state index is 0.142. The van der Waals surface area contributed by atoms with Crippen molar-refractivity contribution in [3.05, 3.63) is 0 Å². The van der Waals surface area contributed by atoms with Crippen molar-refractivity contribution in [2.24, 2.45) is 0 Å². The highest BCUT2D eigenvalue weighted by atomic mass is 16.4. The van der Waals surface area contributed by atoms with Crippen molar-refractivity contribution < 1.29 is 60.7 Å². The molecule has 8 atom stereocenters. The van der Waals surface area contributed by atoms with Crippen LogP contribution in [0.25, 0.3) is 0 Å². The molecule has 14 nitrogen and oxygen atoms in total. The van der Waals surface area contributed by atoms with Gasteiger partial charge < -0.3 is 61.7 Å². The van der Waals surface area contributed by atoms with Crippen molar-refractivity contribution in [2.75, 3.05) is 26.3 Å². The molecule has 190 valence electrons. The van der Waals surface area contributed by atoms with Crippen LogP contribution in [0.15, 0.2) is 0 Å². The summed E-state index contributed by atoms with van der Waals surface area (Å²) in [5, 5.41) is 97.9. The van der Waals surface area contributed by atoms with E-state index in [1.165, 1.54) is 0 Å². The first-order valence-corrected chi connectivity index (χ1v) is 10.2. The lowest BCUT2D eigenvalue weighted by molar-refractivity contribution is -0.149. The first-order chi connectivity index (χ1) is 15.0. The number of carbonyl (C=O) groups is 2. The molecular weight excluding hydrogens is 436 g/mol. The lowest BCUT2D eigenvalue weighted by Gasteiger charge is -2.25. The van der Waals surface area contributed by atoms with Crippen LogP contribution in [0.4, 0.5) is 0 Å². The molecule has 0 aliphatic heterocycles. The number of hydrogen-bond acceptors (Lipinski definition) is 12. The van der Waals surface area contributed by atoms with Gasteiger partial charge >= 0.3 is 0 Å². The maximum Gasteiger partial charge on any atom is 0.251 e. The predicted octanol–water partition coefficient (Wildman–Crippen LogP) is -6.35. The number of amides is 2. The molecule has 0 heterocycles. The van der Waals surface area contributed by atoms with Crippen molar-refractivity contribution in [1.82, 2.24) is 10.6 Å². The lowest BCUT2D eigenvalue weighted by atomic mass is 10.0. The number of rotatable bonds is 17. The number of aliphatic hydroxyl groups is 10. The van der Waals surface area contributed by atoms with E-state index in [1.807, 2.05) is 0 Å². The third kappa shape index (κ3) is 10.4. The van der Waals surface area contributed by atoms with Crippen LogP contribution in [0.5, 0.6) is 0 Å². The van der Waals surface area contributed by atoms with Gasteiger partial charge in [0.1, 0.15) is 36.6 Å². The third-order valence-electron chi connectivity index (χ3n) is 4.75. The minimum Gasteiger partial charge on any atom is -0.394 e. The van der Waals surface area contributed by atoms with Crippen LogP contribution in [-0.4, -0.2) is 138 Å². The molecule has 0 aliphatic rings. The Morgan fingerprint density at radius 1 is 0.531 bits per heavy atom. The Labute approximate surface area is 184 Å². The van der Waals surface area contributed by atoms with Crippen LogP contribution in [0.1, 0.15) is 25.7 Å². The molecule has 0 rings (SSSR count). The van der Waals surface area contributed by atoms with Crippen LogP contribution in [0, 0.1) is 0 Å². The summed E-state index contributed by atoms with van der Waals surface area (Å²) in [6.45, 7) is -1.43. The average Bonchev–Trinajstić information content (AvgIpc) is 2.80. The Kier molecular flexibility index (Phi) is 15.5. The van der Waals surface area contributed by atoms with Crippen molar-refractivity contribution in [1.29, 1.82) is 0 Å². The summed E-state index contributed by atoms with van der Waals surface area (Å²) in [6.07, 6.45) is -13.0. The molecule has 0 saturated carbocycles. The summed E-state index contributed by atoms with van der Waals surface area (Å²) in [5.41, 5.74) is 0. The molecule has 14 heteroatoms. The molecule has 12 N–H and O–H groups in total. The quantitative estimate of drug-likeness (QED) is 0.0882. The van der Waals surface area contributed by atoms with Gasteiger partial charge in [0.05, 0.1) is 13.2 Å². The Bertz CT molecular complexity index is 494. The summed E-state index contributed by atoms with van der Waals surface area (Å²) in [7, 11) is 0. The van der Waals surface area contributed by atoms with E-state index in [-0.39, 0.29) is 13.1 Å². The zero-order valence-electron chi connectivity index (χ0n) is 17.6. The number of aliphatic hydroxyl groups excluding tert-OH is 10. The van der Waals surface area contributed by atoms with E-state index < -0.39 is 73.9 Å². The zero-order chi connectivity index (χ0) is 24.8. The van der Waals surface area contributed by atoms with Gasteiger partial charge in [0.25, 0.3) is 11.8 Å². The van der Waals surface area contributed by atoms with Gasteiger partial charge in [-0.05, 0) is 12.8 Å². The molecule has 0 aromatic carbocycles. The van der Waals surface area contributed by atoms with Gasteiger partial charge in [0, 0.05) is 13.1 Å². The highest BCUT2D eigenvalue weighted by Gasteiger charge is 2.34. The highest BCUT2D eigenvalue weighted by Crippen LogP contribution is 2.07. The summed E-state index contributed by atoms with van der Waals surface area (Å²) >= 11 is 0.